The number of nitrogens with zero attached hydrogens (tertiary/aromatic N) is 1. The topological polar surface area (TPSA) is 48.1 Å². The SMILES string of the molecule is Cc1cccc(NC(=O)N2CCc3c([nH]c4ccccc34)C2c2ccccc2F)c1. The molecule has 5 rings (SSSR count). The van der Waals surface area contributed by atoms with Gasteiger partial charge in [-0.15, -0.1) is 0 Å². The van der Waals surface area contributed by atoms with E-state index in [0.717, 1.165) is 33.4 Å². The zero-order valence-corrected chi connectivity index (χ0v) is 16.7. The van der Waals surface area contributed by atoms with E-state index in [-0.39, 0.29) is 11.8 Å². The van der Waals surface area contributed by atoms with Gasteiger partial charge in [0.2, 0.25) is 0 Å². The molecule has 30 heavy (non-hydrogen) atoms. The van der Waals surface area contributed by atoms with Crippen molar-refractivity contribution in [3.05, 3.63) is 101 Å². The van der Waals surface area contributed by atoms with Gasteiger partial charge in [0.05, 0.1) is 0 Å². The average Bonchev–Trinajstić information content (AvgIpc) is 3.12. The van der Waals surface area contributed by atoms with Crippen LogP contribution in [0.1, 0.15) is 28.4 Å². The van der Waals surface area contributed by atoms with E-state index in [2.05, 4.69) is 16.4 Å². The Morgan fingerprint density at radius 1 is 1.07 bits per heavy atom. The second kappa shape index (κ2) is 7.34. The molecule has 0 saturated heterocycles. The highest BCUT2D eigenvalue weighted by Crippen LogP contribution is 2.39. The zero-order valence-electron chi connectivity index (χ0n) is 16.7. The lowest BCUT2D eigenvalue weighted by Crippen LogP contribution is -2.43. The number of para-hydroxylation sites is 1. The summed E-state index contributed by atoms with van der Waals surface area (Å²) in [6.45, 7) is 2.49. The average molecular weight is 399 g/mol. The number of H-pyrrole nitrogens is 1. The number of urea groups is 1. The molecule has 4 nitrogen and oxygen atoms in total. The third-order valence-electron chi connectivity index (χ3n) is 5.76. The number of aromatic amines is 1. The monoisotopic (exact) mass is 399 g/mol. The molecule has 0 fully saturated rings. The maximum absolute atomic E-state index is 14.9. The van der Waals surface area contributed by atoms with Crippen LogP contribution in [-0.4, -0.2) is 22.5 Å². The maximum atomic E-state index is 14.9. The summed E-state index contributed by atoms with van der Waals surface area (Å²) in [6, 6.07) is 21.7. The number of aromatic nitrogens is 1. The summed E-state index contributed by atoms with van der Waals surface area (Å²) in [5, 5.41) is 4.12. The van der Waals surface area contributed by atoms with Crippen LogP contribution in [0, 0.1) is 12.7 Å². The summed E-state index contributed by atoms with van der Waals surface area (Å²) in [6.07, 6.45) is 0.714. The van der Waals surface area contributed by atoms with Crippen LogP contribution >= 0.6 is 0 Å². The number of hydrogen-bond donors (Lipinski definition) is 2. The van der Waals surface area contributed by atoms with E-state index in [4.69, 9.17) is 0 Å². The summed E-state index contributed by atoms with van der Waals surface area (Å²) in [5.74, 6) is -0.317. The van der Waals surface area contributed by atoms with E-state index in [1.54, 1.807) is 17.0 Å². The molecule has 2 heterocycles. The number of carbonyl (C=O) groups is 1. The molecule has 3 aromatic carbocycles. The van der Waals surface area contributed by atoms with Gasteiger partial charge in [-0.25, -0.2) is 9.18 Å². The highest BCUT2D eigenvalue weighted by atomic mass is 19.1. The molecular weight excluding hydrogens is 377 g/mol. The number of aryl methyl sites for hydroxylation is 1. The molecule has 1 aliphatic rings. The summed E-state index contributed by atoms with van der Waals surface area (Å²) in [5.41, 5.74) is 5.32. The molecule has 1 aromatic heterocycles. The fourth-order valence-electron chi connectivity index (χ4n) is 4.40. The fraction of sp³-hybridized carbons (Fsp3) is 0.160. The molecule has 0 radical (unpaired) electrons. The van der Waals surface area contributed by atoms with Crippen LogP contribution in [0.2, 0.25) is 0 Å². The lowest BCUT2D eigenvalue weighted by atomic mass is 9.92. The van der Waals surface area contributed by atoms with E-state index >= 15 is 0 Å². The molecule has 5 heteroatoms. The summed E-state index contributed by atoms with van der Waals surface area (Å²) in [4.78, 5) is 18.5. The first-order valence-corrected chi connectivity index (χ1v) is 10.1. The minimum absolute atomic E-state index is 0.238. The Bertz CT molecular complexity index is 1250. The highest BCUT2D eigenvalue weighted by molar-refractivity contribution is 5.91. The largest absolute Gasteiger partial charge is 0.356 e. The standard InChI is InChI=1S/C25H22FN3O/c1-16-7-6-8-17(15-16)27-25(30)29-14-13-19-18-9-3-5-12-22(18)28-23(19)24(29)20-10-2-4-11-21(20)26/h2-12,15,24,28H,13-14H2,1H3,(H,27,30). The van der Waals surface area contributed by atoms with E-state index in [1.807, 2.05) is 55.5 Å². The molecule has 1 atom stereocenters. The summed E-state index contributed by atoms with van der Waals surface area (Å²) < 4.78 is 14.9. The fourth-order valence-corrected chi connectivity index (χ4v) is 4.40. The number of anilines is 1. The second-order valence-electron chi connectivity index (χ2n) is 7.73. The number of hydrogen-bond acceptors (Lipinski definition) is 1. The number of halogens is 1. The van der Waals surface area contributed by atoms with Crippen molar-refractivity contribution in [1.29, 1.82) is 0 Å². The minimum Gasteiger partial charge on any atom is -0.356 e. The van der Waals surface area contributed by atoms with E-state index < -0.39 is 6.04 Å². The van der Waals surface area contributed by atoms with Crippen molar-refractivity contribution in [3.8, 4) is 0 Å². The predicted molar refractivity (Wildman–Crippen MR) is 117 cm³/mol. The van der Waals surface area contributed by atoms with Crippen molar-refractivity contribution in [2.75, 3.05) is 11.9 Å². The van der Waals surface area contributed by atoms with Crippen molar-refractivity contribution in [2.24, 2.45) is 0 Å². The van der Waals surface area contributed by atoms with Crippen molar-refractivity contribution in [2.45, 2.75) is 19.4 Å². The number of nitrogens with one attached hydrogen (secondary N) is 2. The number of carbonyl (C=O) groups excluding carboxylic acids is 1. The van der Waals surface area contributed by atoms with Crippen LogP contribution in [0.3, 0.4) is 0 Å². The molecule has 4 aromatic rings. The van der Waals surface area contributed by atoms with Crippen LogP contribution in [0.25, 0.3) is 10.9 Å². The molecular formula is C25H22FN3O. The van der Waals surface area contributed by atoms with Crippen molar-refractivity contribution < 1.29 is 9.18 Å². The van der Waals surface area contributed by atoms with Crippen molar-refractivity contribution in [3.63, 3.8) is 0 Å². The Labute approximate surface area is 174 Å². The van der Waals surface area contributed by atoms with Crippen LogP contribution in [0.15, 0.2) is 72.8 Å². The van der Waals surface area contributed by atoms with Crippen LogP contribution in [-0.2, 0) is 6.42 Å². The molecule has 2 amide bonds. The van der Waals surface area contributed by atoms with Gasteiger partial charge in [0.25, 0.3) is 0 Å². The van der Waals surface area contributed by atoms with E-state index in [1.165, 1.54) is 6.07 Å². The first kappa shape index (κ1) is 18.4. The van der Waals surface area contributed by atoms with Crippen molar-refractivity contribution in [1.82, 2.24) is 9.88 Å². The third kappa shape index (κ3) is 3.12. The number of rotatable bonds is 2. The Morgan fingerprint density at radius 2 is 1.87 bits per heavy atom. The van der Waals surface area contributed by atoms with Gasteiger partial charge >= 0.3 is 6.03 Å². The van der Waals surface area contributed by atoms with E-state index in [9.17, 15) is 9.18 Å². The van der Waals surface area contributed by atoms with Gasteiger partial charge in [-0.05, 0) is 48.7 Å². The van der Waals surface area contributed by atoms with Crippen molar-refractivity contribution >= 4 is 22.6 Å². The van der Waals surface area contributed by atoms with Gasteiger partial charge in [0.1, 0.15) is 11.9 Å². The second-order valence-corrected chi connectivity index (χ2v) is 7.73. The molecule has 0 bridgehead atoms. The lowest BCUT2D eigenvalue weighted by molar-refractivity contribution is 0.192. The Kier molecular flexibility index (Phi) is 4.51. The molecule has 1 aliphatic heterocycles. The van der Waals surface area contributed by atoms with Gasteiger partial charge in [-0.2, -0.15) is 0 Å². The highest BCUT2D eigenvalue weighted by Gasteiger charge is 2.35. The smallest absolute Gasteiger partial charge is 0.322 e. The molecule has 0 aliphatic carbocycles. The van der Waals surface area contributed by atoms with Crippen LogP contribution < -0.4 is 5.32 Å². The third-order valence-corrected chi connectivity index (χ3v) is 5.76. The van der Waals surface area contributed by atoms with Crippen LogP contribution in [0.5, 0.6) is 0 Å². The molecule has 0 saturated carbocycles. The van der Waals surface area contributed by atoms with Gasteiger partial charge in [-0.3, -0.25) is 0 Å². The first-order valence-electron chi connectivity index (χ1n) is 10.1. The molecule has 1 unspecified atom stereocenters. The number of fused-ring (bicyclic) bond motifs is 3. The van der Waals surface area contributed by atoms with Gasteiger partial charge in [-0.1, -0.05) is 48.5 Å². The quantitative estimate of drug-likeness (QED) is 0.440. The Morgan fingerprint density at radius 3 is 2.70 bits per heavy atom. The summed E-state index contributed by atoms with van der Waals surface area (Å²) in [7, 11) is 0. The van der Waals surface area contributed by atoms with Gasteiger partial charge < -0.3 is 15.2 Å². The van der Waals surface area contributed by atoms with E-state index in [0.29, 0.717) is 18.5 Å². The lowest BCUT2D eigenvalue weighted by Gasteiger charge is -2.36. The Balaban J connectivity index is 1.60. The Hall–Kier alpha value is -3.60. The maximum Gasteiger partial charge on any atom is 0.322 e. The normalized spacial score (nSPS) is 15.8. The van der Waals surface area contributed by atoms with Gasteiger partial charge in [0.15, 0.2) is 0 Å². The summed E-state index contributed by atoms with van der Waals surface area (Å²) >= 11 is 0. The minimum atomic E-state index is -0.521. The molecule has 150 valence electrons. The first-order chi connectivity index (χ1) is 14.6. The molecule has 2 N–H and O–H groups in total. The number of benzene rings is 3. The van der Waals surface area contributed by atoms with Gasteiger partial charge in [0, 0.05) is 34.4 Å². The zero-order chi connectivity index (χ0) is 20.7. The molecule has 0 spiro atoms. The predicted octanol–water partition coefficient (Wildman–Crippen LogP) is 5.80. The van der Waals surface area contributed by atoms with Crippen LogP contribution in [0.4, 0.5) is 14.9 Å². The number of amides is 2.